The maximum absolute atomic E-state index is 12.2. The number of anilines is 1. The van der Waals surface area contributed by atoms with Crippen LogP contribution in [0, 0.1) is 6.92 Å². The summed E-state index contributed by atoms with van der Waals surface area (Å²) in [6.07, 6.45) is 1.77. The number of aromatic nitrogens is 2. The molecule has 0 aliphatic carbocycles. The van der Waals surface area contributed by atoms with Gasteiger partial charge >= 0.3 is 5.97 Å². The van der Waals surface area contributed by atoms with Gasteiger partial charge in [-0.2, -0.15) is 0 Å². The predicted molar refractivity (Wildman–Crippen MR) is 113 cm³/mol. The van der Waals surface area contributed by atoms with Crippen LogP contribution < -0.4 is 5.73 Å². The summed E-state index contributed by atoms with van der Waals surface area (Å²) in [6.45, 7) is 4.31. The van der Waals surface area contributed by atoms with Crippen LogP contribution in [0.25, 0.3) is 32.9 Å². The van der Waals surface area contributed by atoms with E-state index in [1.54, 1.807) is 13.1 Å². The van der Waals surface area contributed by atoms with Crippen LogP contribution in [0.2, 0.25) is 5.02 Å². The highest BCUT2D eigenvalue weighted by Crippen LogP contribution is 2.39. The second-order valence-corrected chi connectivity index (χ2v) is 7.08. The minimum Gasteiger partial charge on any atom is -0.465 e. The molecular weight excluding hydrogens is 374 g/mol. The van der Waals surface area contributed by atoms with Gasteiger partial charge in [-0.15, -0.1) is 0 Å². The maximum atomic E-state index is 12.2. The Bertz CT molecular complexity index is 1210. The van der Waals surface area contributed by atoms with Gasteiger partial charge in [0.15, 0.2) is 0 Å². The van der Waals surface area contributed by atoms with Crippen molar-refractivity contribution >= 4 is 45.1 Å². The predicted octanol–water partition coefficient (Wildman–Crippen LogP) is 4.96. The van der Waals surface area contributed by atoms with Crippen LogP contribution in [0.15, 0.2) is 48.7 Å². The standard InChI is InChI=1S/C22H20ClN3O2/c1-3-28-21(27)12-26-13(2)22(18-11-15(24)5-7-20(18)26)17-8-9-25-19-10-14(23)4-6-16(17)19/h4-11H,3,12,24H2,1-2H3. The number of esters is 1. The normalized spacial score (nSPS) is 11.2. The molecule has 28 heavy (non-hydrogen) atoms. The fourth-order valence-electron chi connectivity index (χ4n) is 3.72. The number of carbonyl (C=O) groups is 1. The number of carbonyl (C=O) groups excluding carboxylic acids is 1. The molecule has 0 radical (unpaired) electrons. The molecule has 5 nitrogen and oxygen atoms in total. The zero-order chi connectivity index (χ0) is 19.8. The molecule has 0 atom stereocenters. The zero-order valence-electron chi connectivity index (χ0n) is 15.7. The van der Waals surface area contributed by atoms with E-state index in [-0.39, 0.29) is 12.5 Å². The Balaban J connectivity index is 2.01. The van der Waals surface area contributed by atoms with Crippen LogP contribution in [0.1, 0.15) is 12.6 Å². The maximum Gasteiger partial charge on any atom is 0.325 e. The number of hydrogen-bond acceptors (Lipinski definition) is 4. The average molecular weight is 394 g/mol. The number of nitrogen functional groups attached to an aromatic ring is 1. The smallest absolute Gasteiger partial charge is 0.325 e. The van der Waals surface area contributed by atoms with Gasteiger partial charge in [-0.25, -0.2) is 0 Å². The molecular formula is C22H20ClN3O2. The number of halogens is 1. The van der Waals surface area contributed by atoms with Crippen LogP contribution in [-0.4, -0.2) is 22.1 Å². The lowest BCUT2D eigenvalue weighted by atomic mass is 9.98. The molecule has 0 saturated carbocycles. The van der Waals surface area contributed by atoms with Crippen LogP contribution in [0.3, 0.4) is 0 Å². The lowest BCUT2D eigenvalue weighted by Gasteiger charge is -2.10. The van der Waals surface area contributed by atoms with Gasteiger partial charge in [-0.05, 0) is 55.8 Å². The number of nitrogens with zero attached hydrogens (tertiary/aromatic N) is 2. The number of pyridine rings is 1. The third-order valence-corrected chi connectivity index (χ3v) is 5.15. The largest absolute Gasteiger partial charge is 0.465 e. The molecule has 0 fully saturated rings. The van der Waals surface area contributed by atoms with E-state index < -0.39 is 0 Å². The van der Waals surface area contributed by atoms with Gasteiger partial charge in [-0.1, -0.05) is 17.7 Å². The van der Waals surface area contributed by atoms with Crippen LogP contribution >= 0.6 is 11.6 Å². The molecule has 4 rings (SSSR count). The molecule has 2 heterocycles. The Morgan fingerprint density at radius 3 is 2.79 bits per heavy atom. The molecule has 0 bridgehead atoms. The first-order valence-corrected chi connectivity index (χ1v) is 9.46. The third kappa shape index (κ3) is 3.08. The Hall–Kier alpha value is -3.05. The summed E-state index contributed by atoms with van der Waals surface area (Å²) in [5.41, 5.74) is 11.5. The Morgan fingerprint density at radius 1 is 1.18 bits per heavy atom. The average Bonchev–Trinajstić information content (AvgIpc) is 2.92. The van der Waals surface area contributed by atoms with E-state index in [1.807, 2.05) is 54.0 Å². The second kappa shape index (κ2) is 7.17. The first-order valence-electron chi connectivity index (χ1n) is 9.08. The SMILES string of the molecule is CCOC(=O)Cn1c(C)c(-c2ccnc3cc(Cl)ccc23)c2cc(N)ccc21. The zero-order valence-corrected chi connectivity index (χ0v) is 16.5. The molecule has 4 aromatic rings. The molecule has 0 unspecified atom stereocenters. The molecule has 2 aromatic heterocycles. The van der Waals surface area contributed by atoms with Crippen molar-refractivity contribution in [3.05, 3.63) is 59.4 Å². The summed E-state index contributed by atoms with van der Waals surface area (Å²) in [6, 6.07) is 13.4. The van der Waals surface area contributed by atoms with Gasteiger partial charge in [0.1, 0.15) is 6.54 Å². The van der Waals surface area contributed by atoms with Crippen LogP contribution in [0.5, 0.6) is 0 Å². The van der Waals surface area contributed by atoms with Gasteiger partial charge in [0, 0.05) is 44.5 Å². The summed E-state index contributed by atoms with van der Waals surface area (Å²) in [5, 5.41) is 2.62. The van der Waals surface area contributed by atoms with Crippen molar-refractivity contribution in [2.24, 2.45) is 0 Å². The minimum atomic E-state index is -0.266. The van der Waals surface area contributed by atoms with E-state index in [1.165, 1.54) is 0 Å². The Kier molecular flexibility index (Phi) is 4.69. The number of fused-ring (bicyclic) bond motifs is 2. The van der Waals surface area contributed by atoms with Crippen molar-refractivity contribution in [3.8, 4) is 11.1 Å². The van der Waals surface area contributed by atoms with Gasteiger partial charge in [0.05, 0.1) is 12.1 Å². The van der Waals surface area contributed by atoms with E-state index in [0.717, 1.165) is 38.6 Å². The summed E-state index contributed by atoms with van der Waals surface area (Å²) >= 11 is 6.14. The van der Waals surface area contributed by atoms with E-state index in [0.29, 0.717) is 17.3 Å². The molecule has 0 saturated heterocycles. The van der Waals surface area contributed by atoms with E-state index in [9.17, 15) is 4.79 Å². The summed E-state index contributed by atoms with van der Waals surface area (Å²) in [4.78, 5) is 16.6. The molecule has 0 amide bonds. The van der Waals surface area contributed by atoms with E-state index in [4.69, 9.17) is 22.1 Å². The van der Waals surface area contributed by atoms with E-state index in [2.05, 4.69) is 4.98 Å². The Labute approximate surface area is 167 Å². The summed E-state index contributed by atoms with van der Waals surface area (Å²) in [5.74, 6) is -0.266. The highest BCUT2D eigenvalue weighted by atomic mass is 35.5. The number of hydrogen-bond donors (Lipinski definition) is 1. The number of ether oxygens (including phenoxy) is 1. The van der Waals surface area contributed by atoms with Crippen molar-refractivity contribution in [3.63, 3.8) is 0 Å². The molecule has 142 valence electrons. The lowest BCUT2D eigenvalue weighted by molar-refractivity contribution is -0.143. The minimum absolute atomic E-state index is 0.148. The molecule has 0 aliphatic heterocycles. The molecule has 2 aromatic carbocycles. The first-order chi connectivity index (χ1) is 13.5. The van der Waals surface area contributed by atoms with Crippen molar-refractivity contribution < 1.29 is 9.53 Å². The monoisotopic (exact) mass is 393 g/mol. The van der Waals surface area contributed by atoms with Crippen molar-refractivity contribution in [2.75, 3.05) is 12.3 Å². The highest BCUT2D eigenvalue weighted by Gasteiger charge is 2.19. The summed E-state index contributed by atoms with van der Waals surface area (Å²) in [7, 11) is 0. The van der Waals surface area contributed by atoms with Gasteiger partial charge in [0.2, 0.25) is 0 Å². The molecule has 6 heteroatoms. The third-order valence-electron chi connectivity index (χ3n) is 4.91. The highest BCUT2D eigenvalue weighted by molar-refractivity contribution is 6.31. The Morgan fingerprint density at radius 2 is 2.00 bits per heavy atom. The molecule has 2 N–H and O–H groups in total. The van der Waals surface area contributed by atoms with Crippen LogP contribution in [0.4, 0.5) is 5.69 Å². The van der Waals surface area contributed by atoms with Crippen molar-refractivity contribution in [2.45, 2.75) is 20.4 Å². The van der Waals surface area contributed by atoms with E-state index >= 15 is 0 Å². The molecule has 0 aliphatic rings. The first kappa shape index (κ1) is 18.3. The number of benzene rings is 2. The summed E-state index contributed by atoms with van der Waals surface area (Å²) < 4.78 is 7.14. The fraction of sp³-hybridized carbons (Fsp3) is 0.182. The van der Waals surface area contributed by atoms with Crippen LogP contribution in [-0.2, 0) is 16.1 Å². The van der Waals surface area contributed by atoms with Crippen molar-refractivity contribution in [1.82, 2.24) is 9.55 Å². The van der Waals surface area contributed by atoms with Gasteiger partial charge in [-0.3, -0.25) is 9.78 Å². The van der Waals surface area contributed by atoms with Gasteiger partial charge < -0.3 is 15.0 Å². The second-order valence-electron chi connectivity index (χ2n) is 6.65. The molecule has 0 spiro atoms. The quantitative estimate of drug-likeness (QED) is 0.393. The number of rotatable bonds is 4. The topological polar surface area (TPSA) is 70.1 Å². The van der Waals surface area contributed by atoms with Gasteiger partial charge in [0.25, 0.3) is 0 Å². The lowest BCUT2D eigenvalue weighted by Crippen LogP contribution is -2.14. The van der Waals surface area contributed by atoms with Crippen molar-refractivity contribution in [1.29, 1.82) is 0 Å². The fourth-order valence-corrected chi connectivity index (χ4v) is 3.88. The number of nitrogens with two attached hydrogens (primary N) is 1.